The molecule has 0 bridgehead atoms. The van der Waals surface area contributed by atoms with Crippen LogP contribution in [0.4, 0.5) is 0 Å². The third-order valence-corrected chi connectivity index (χ3v) is 3.13. The lowest BCUT2D eigenvalue weighted by atomic mass is 9.85. The van der Waals surface area contributed by atoms with E-state index < -0.39 is 11.4 Å². The second kappa shape index (κ2) is 5.17. The molecule has 0 aliphatic carbocycles. The molecule has 2 aromatic rings. The van der Waals surface area contributed by atoms with E-state index >= 15 is 0 Å². The Morgan fingerprint density at radius 3 is 2.90 bits per heavy atom. The first kappa shape index (κ1) is 13.8. The topological polar surface area (TPSA) is 83.2 Å². The van der Waals surface area contributed by atoms with Crippen LogP contribution < -0.4 is 0 Å². The number of ether oxygens (including phenoxy) is 1. The highest BCUT2D eigenvalue weighted by Gasteiger charge is 2.40. The number of pyridine rings is 1. The molecule has 1 atom stereocenters. The van der Waals surface area contributed by atoms with E-state index in [1.807, 2.05) is 6.07 Å². The van der Waals surface area contributed by atoms with Crippen LogP contribution in [0.5, 0.6) is 5.75 Å². The van der Waals surface area contributed by atoms with E-state index in [0.29, 0.717) is 5.39 Å². The van der Waals surface area contributed by atoms with E-state index in [1.165, 1.54) is 19.2 Å². The molecule has 0 fully saturated rings. The first-order chi connectivity index (χ1) is 9.52. The Kier molecular flexibility index (Phi) is 3.57. The van der Waals surface area contributed by atoms with Crippen LogP contribution in [0.3, 0.4) is 0 Å². The van der Waals surface area contributed by atoms with Crippen LogP contribution >= 0.6 is 0 Å². The molecule has 0 aliphatic heterocycles. The molecule has 0 amide bonds. The summed E-state index contributed by atoms with van der Waals surface area (Å²) in [5.41, 5.74) is -1.23. The predicted octanol–water partition coefficient (Wildman–Crippen LogP) is 2.28. The zero-order valence-corrected chi connectivity index (χ0v) is 11.3. The van der Waals surface area contributed by atoms with E-state index in [2.05, 4.69) is 4.98 Å². The summed E-state index contributed by atoms with van der Waals surface area (Å²) in [6.07, 6.45) is 1.53. The molecule has 0 spiro atoms. The number of nitriles is 1. The average Bonchev–Trinajstić information content (AvgIpc) is 2.46. The largest absolute Gasteiger partial charge is 0.508 e. The summed E-state index contributed by atoms with van der Waals surface area (Å²) in [6.45, 7) is 3.33. The number of phenols is 1. The number of fused-ring (bicyclic) bond motifs is 1. The van der Waals surface area contributed by atoms with Gasteiger partial charge in [0.25, 0.3) is 0 Å². The maximum Gasteiger partial charge on any atom is 0.332 e. The molecule has 1 N–H and O–H groups in total. The van der Waals surface area contributed by atoms with Gasteiger partial charge in [0.1, 0.15) is 5.75 Å². The second-order valence-corrected chi connectivity index (χ2v) is 4.52. The van der Waals surface area contributed by atoms with Crippen molar-refractivity contribution in [2.45, 2.75) is 19.3 Å². The van der Waals surface area contributed by atoms with Gasteiger partial charge in [0.2, 0.25) is 0 Å². The molecule has 5 nitrogen and oxygen atoms in total. The number of carbonyl (C=O) groups excluding carboxylic acids is 1. The van der Waals surface area contributed by atoms with Crippen LogP contribution in [-0.4, -0.2) is 22.7 Å². The minimum absolute atomic E-state index is 0.0518. The minimum Gasteiger partial charge on any atom is -0.508 e. The summed E-state index contributed by atoms with van der Waals surface area (Å²) in [6, 6.07) is 8.46. The van der Waals surface area contributed by atoms with E-state index in [0.717, 1.165) is 5.39 Å². The van der Waals surface area contributed by atoms with Gasteiger partial charge in [-0.3, -0.25) is 4.98 Å². The molecular weight excluding hydrogens is 256 g/mol. The summed E-state index contributed by atoms with van der Waals surface area (Å²) in [5, 5.41) is 20.4. The number of aromatic nitrogens is 1. The fourth-order valence-corrected chi connectivity index (χ4v) is 2.03. The van der Waals surface area contributed by atoms with Crippen LogP contribution in [0.1, 0.15) is 19.5 Å². The lowest BCUT2D eigenvalue weighted by Gasteiger charge is -2.20. The third-order valence-electron chi connectivity index (χ3n) is 3.13. The van der Waals surface area contributed by atoms with E-state index in [-0.39, 0.29) is 18.1 Å². The van der Waals surface area contributed by atoms with Crippen molar-refractivity contribution >= 4 is 16.7 Å². The Hall–Kier alpha value is -2.61. The molecule has 1 heterocycles. The van der Waals surface area contributed by atoms with Gasteiger partial charge in [0.05, 0.1) is 18.4 Å². The molecule has 20 heavy (non-hydrogen) atoms. The molecule has 1 unspecified atom stereocenters. The Morgan fingerprint density at radius 2 is 2.25 bits per heavy atom. The molecule has 102 valence electrons. The van der Waals surface area contributed by atoms with Gasteiger partial charge in [-0.15, -0.1) is 0 Å². The fraction of sp³-hybridized carbons (Fsp3) is 0.267. The highest BCUT2D eigenvalue weighted by molar-refractivity contribution is 5.94. The quantitative estimate of drug-likeness (QED) is 0.865. The summed E-state index contributed by atoms with van der Waals surface area (Å²) in [5.74, 6) is -0.596. The van der Waals surface area contributed by atoms with Gasteiger partial charge in [-0.2, -0.15) is 5.26 Å². The van der Waals surface area contributed by atoms with Crippen molar-refractivity contribution in [1.29, 1.82) is 5.26 Å². The maximum absolute atomic E-state index is 12.1. The van der Waals surface area contributed by atoms with Crippen LogP contribution in [0.2, 0.25) is 0 Å². The number of esters is 1. The van der Waals surface area contributed by atoms with E-state index in [9.17, 15) is 15.2 Å². The number of aromatic hydroxyl groups is 1. The number of hydrogen-bond donors (Lipinski definition) is 1. The van der Waals surface area contributed by atoms with Crippen LogP contribution in [0, 0.1) is 11.3 Å². The fourth-order valence-electron chi connectivity index (χ4n) is 2.03. The summed E-state index contributed by atoms with van der Waals surface area (Å²) >= 11 is 0. The molecule has 0 saturated heterocycles. The molecule has 5 heteroatoms. The van der Waals surface area contributed by atoms with Gasteiger partial charge in [0.15, 0.2) is 5.41 Å². The van der Waals surface area contributed by atoms with E-state index in [1.54, 1.807) is 25.1 Å². The lowest BCUT2D eigenvalue weighted by molar-refractivity contribution is -0.147. The van der Waals surface area contributed by atoms with Gasteiger partial charge >= 0.3 is 5.97 Å². The van der Waals surface area contributed by atoms with E-state index in [4.69, 9.17) is 4.74 Å². The van der Waals surface area contributed by atoms with Crippen molar-refractivity contribution in [3.8, 4) is 11.8 Å². The lowest BCUT2D eigenvalue weighted by Crippen LogP contribution is -2.34. The van der Waals surface area contributed by atoms with Crippen molar-refractivity contribution < 1.29 is 14.6 Å². The van der Waals surface area contributed by atoms with Gasteiger partial charge in [-0.05, 0) is 37.4 Å². The predicted molar refractivity (Wildman–Crippen MR) is 73.0 cm³/mol. The van der Waals surface area contributed by atoms with Gasteiger partial charge in [-0.1, -0.05) is 6.07 Å². The standard InChI is InChI=1S/C15H14N2O3/c1-3-20-14(19)15(2,9-16)13-12-8-11(18)5-4-10(12)6-7-17-13/h4-8,18H,3H2,1-2H3. The van der Waals surface area contributed by atoms with Gasteiger partial charge in [-0.25, -0.2) is 4.79 Å². The second-order valence-electron chi connectivity index (χ2n) is 4.52. The summed E-state index contributed by atoms with van der Waals surface area (Å²) in [7, 11) is 0. The number of nitrogens with zero attached hydrogens (tertiary/aromatic N) is 2. The number of carbonyl (C=O) groups is 1. The minimum atomic E-state index is -1.51. The molecule has 1 aromatic heterocycles. The average molecular weight is 270 g/mol. The monoisotopic (exact) mass is 270 g/mol. The zero-order chi connectivity index (χ0) is 14.8. The van der Waals surface area contributed by atoms with Crippen molar-refractivity contribution in [3.05, 3.63) is 36.2 Å². The van der Waals surface area contributed by atoms with Crippen molar-refractivity contribution in [3.63, 3.8) is 0 Å². The molecule has 0 aliphatic rings. The molecule has 2 rings (SSSR count). The molecule has 0 saturated carbocycles. The number of phenolic OH excluding ortho intramolecular Hbond substituents is 1. The van der Waals surface area contributed by atoms with Gasteiger partial charge < -0.3 is 9.84 Å². The zero-order valence-electron chi connectivity index (χ0n) is 11.3. The van der Waals surface area contributed by atoms with Crippen molar-refractivity contribution in [1.82, 2.24) is 4.98 Å². The molecule has 1 aromatic carbocycles. The highest BCUT2D eigenvalue weighted by atomic mass is 16.5. The van der Waals surface area contributed by atoms with Crippen molar-refractivity contribution in [2.75, 3.05) is 6.61 Å². The maximum atomic E-state index is 12.1. The summed E-state index contributed by atoms with van der Waals surface area (Å²) < 4.78 is 4.97. The van der Waals surface area contributed by atoms with Crippen molar-refractivity contribution in [2.24, 2.45) is 0 Å². The van der Waals surface area contributed by atoms with Crippen LogP contribution in [-0.2, 0) is 14.9 Å². The summed E-state index contributed by atoms with van der Waals surface area (Å²) in [4.78, 5) is 16.2. The Morgan fingerprint density at radius 1 is 1.50 bits per heavy atom. The highest BCUT2D eigenvalue weighted by Crippen LogP contribution is 2.31. The smallest absolute Gasteiger partial charge is 0.332 e. The number of rotatable bonds is 3. The van der Waals surface area contributed by atoms with Crippen LogP contribution in [0.25, 0.3) is 10.8 Å². The first-order valence-corrected chi connectivity index (χ1v) is 6.19. The normalized spacial score (nSPS) is 13.4. The third kappa shape index (κ3) is 2.16. The Bertz CT molecular complexity index is 706. The Balaban J connectivity index is 2.70. The first-order valence-electron chi connectivity index (χ1n) is 6.19. The molecular formula is C15H14N2O3. The Labute approximate surface area is 116 Å². The van der Waals surface area contributed by atoms with Crippen LogP contribution in [0.15, 0.2) is 30.5 Å². The number of hydrogen-bond acceptors (Lipinski definition) is 5. The van der Waals surface area contributed by atoms with Gasteiger partial charge in [0, 0.05) is 11.6 Å². The molecule has 0 radical (unpaired) electrons. The number of benzene rings is 1. The SMILES string of the molecule is CCOC(=O)C(C)(C#N)c1nccc2ccc(O)cc12.